The Morgan fingerprint density at radius 2 is 1.85 bits per heavy atom. The Bertz CT molecular complexity index is 1280. The van der Waals surface area contributed by atoms with Crippen molar-refractivity contribution in [2.45, 2.75) is 24.8 Å². The van der Waals surface area contributed by atoms with Gasteiger partial charge in [0.2, 0.25) is 0 Å². The molecule has 1 N–H and O–H groups in total. The number of para-hydroxylation sites is 1. The summed E-state index contributed by atoms with van der Waals surface area (Å²) >= 11 is 1.18. The molecule has 33 heavy (non-hydrogen) atoms. The highest BCUT2D eigenvalue weighted by molar-refractivity contribution is 7.98. The average molecular weight is 471 g/mol. The Labute approximate surface area is 193 Å². The van der Waals surface area contributed by atoms with Crippen LogP contribution in [0, 0.1) is 17.0 Å². The second-order valence-corrected chi connectivity index (χ2v) is 7.97. The van der Waals surface area contributed by atoms with Crippen molar-refractivity contribution in [1.29, 1.82) is 0 Å². The van der Waals surface area contributed by atoms with E-state index in [0.29, 0.717) is 16.3 Å². The number of nitrogens with zero attached hydrogens (tertiary/aromatic N) is 3. The lowest BCUT2D eigenvalue weighted by Gasteiger charge is -2.13. The fourth-order valence-electron chi connectivity index (χ4n) is 3.18. The Morgan fingerprint density at radius 3 is 2.45 bits per heavy atom. The van der Waals surface area contributed by atoms with E-state index in [4.69, 9.17) is 4.74 Å². The summed E-state index contributed by atoms with van der Waals surface area (Å²) in [6.07, 6.45) is 0.435. The molecule has 3 aromatic rings. The number of nitro groups is 1. The largest absolute Gasteiger partial charge is 0.449 e. The number of nitrogens with one attached hydrogen (secondary N) is 1. The number of hydrogen-bond acceptors (Lipinski definition) is 7. The lowest BCUT2D eigenvalue weighted by Crippen LogP contribution is -2.32. The van der Waals surface area contributed by atoms with Crippen molar-refractivity contribution < 1.29 is 19.2 Å². The number of benzene rings is 2. The number of aromatic nitrogens is 2. The van der Waals surface area contributed by atoms with Crippen LogP contribution in [0.3, 0.4) is 0 Å². The smallest absolute Gasteiger partial charge is 0.339 e. The minimum Gasteiger partial charge on any atom is -0.449 e. The number of thioether (sulfide) groups is 1. The van der Waals surface area contributed by atoms with Crippen LogP contribution >= 0.6 is 11.8 Å². The van der Waals surface area contributed by atoms with Crippen molar-refractivity contribution in [2.24, 2.45) is 7.05 Å². The van der Waals surface area contributed by atoms with Gasteiger partial charge in [-0.1, -0.05) is 18.2 Å². The molecule has 1 aromatic heterocycles. The van der Waals surface area contributed by atoms with E-state index in [1.165, 1.54) is 35.5 Å². The van der Waals surface area contributed by atoms with Gasteiger partial charge in [0.05, 0.1) is 26.8 Å². The molecule has 0 unspecified atom stereocenters. The van der Waals surface area contributed by atoms with E-state index < -0.39 is 28.5 Å². The summed E-state index contributed by atoms with van der Waals surface area (Å²) in [6.45, 7) is 3.03. The van der Waals surface area contributed by atoms with E-state index in [2.05, 4.69) is 5.32 Å². The molecule has 0 aliphatic heterocycles. The van der Waals surface area contributed by atoms with Crippen LogP contribution in [0.25, 0.3) is 5.69 Å². The van der Waals surface area contributed by atoms with Gasteiger partial charge in [-0.2, -0.15) is 0 Å². The first kappa shape index (κ1) is 23.8. The van der Waals surface area contributed by atoms with E-state index in [0.717, 1.165) is 6.07 Å². The molecule has 0 radical (unpaired) electrons. The fraction of sp³-hybridized carbons (Fsp3) is 0.227. The number of esters is 1. The number of carbonyl (C=O) groups is 2. The molecule has 0 aliphatic rings. The van der Waals surface area contributed by atoms with Crippen molar-refractivity contribution in [3.05, 3.63) is 80.3 Å². The van der Waals surface area contributed by atoms with Gasteiger partial charge in [0.15, 0.2) is 6.10 Å². The van der Waals surface area contributed by atoms with Gasteiger partial charge in [0, 0.05) is 13.1 Å². The van der Waals surface area contributed by atoms with Gasteiger partial charge in [-0.25, -0.2) is 9.48 Å². The SMILES string of the molecule is CSc1ccc(C(=O)O[C@@H](C)C(=O)Nc2c(C)n(C)n(-c3ccccc3)c2=O)cc1[N+](=O)[O-]. The van der Waals surface area contributed by atoms with Crippen LogP contribution in [0.2, 0.25) is 0 Å². The molecule has 0 saturated heterocycles. The van der Waals surface area contributed by atoms with E-state index in [-0.39, 0.29) is 16.9 Å². The standard InChI is InChI=1S/C22H22N4O6S/c1-13-19(21(28)25(24(13)3)16-8-6-5-7-9-16)23-20(27)14(2)32-22(29)15-10-11-18(33-4)17(12-15)26(30)31/h5-12,14H,1-4H3,(H,23,27)/t14-/m0/s1. The lowest BCUT2D eigenvalue weighted by atomic mass is 10.2. The number of anilines is 1. The third-order valence-corrected chi connectivity index (χ3v) is 5.85. The maximum Gasteiger partial charge on any atom is 0.339 e. The minimum atomic E-state index is -1.25. The minimum absolute atomic E-state index is 0.0542. The zero-order valence-corrected chi connectivity index (χ0v) is 19.2. The molecule has 1 heterocycles. The van der Waals surface area contributed by atoms with Crippen LogP contribution in [0.5, 0.6) is 0 Å². The molecule has 10 nitrogen and oxygen atoms in total. The third kappa shape index (κ3) is 4.82. The summed E-state index contributed by atoms with van der Waals surface area (Å²) < 4.78 is 8.20. The van der Waals surface area contributed by atoms with Crippen molar-refractivity contribution in [1.82, 2.24) is 9.36 Å². The normalized spacial score (nSPS) is 11.6. The maximum absolute atomic E-state index is 12.9. The Kier molecular flexibility index (Phi) is 7.02. The molecule has 0 spiro atoms. The molecule has 1 atom stereocenters. The Balaban J connectivity index is 1.78. The number of amides is 1. The highest BCUT2D eigenvalue weighted by atomic mass is 32.2. The predicted octanol–water partition coefficient (Wildman–Crippen LogP) is 3.30. The summed E-state index contributed by atoms with van der Waals surface area (Å²) in [5, 5.41) is 13.8. The number of hydrogen-bond donors (Lipinski definition) is 1. The first-order chi connectivity index (χ1) is 15.6. The van der Waals surface area contributed by atoms with Crippen LogP contribution in [-0.4, -0.2) is 38.5 Å². The topological polar surface area (TPSA) is 125 Å². The van der Waals surface area contributed by atoms with Crippen molar-refractivity contribution >= 4 is 35.0 Å². The molecule has 0 saturated carbocycles. The summed E-state index contributed by atoms with van der Waals surface area (Å²) in [5.41, 5.74) is 0.491. The second kappa shape index (κ2) is 9.74. The van der Waals surface area contributed by atoms with Crippen LogP contribution in [0.15, 0.2) is 58.2 Å². The van der Waals surface area contributed by atoms with Gasteiger partial charge in [0.25, 0.3) is 17.2 Å². The average Bonchev–Trinajstić information content (AvgIpc) is 3.01. The summed E-state index contributed by atoms with van der Waals surface area (Å²) in [4.78, 5) is 49.1. The highest BCUT2D eigenvalue weighted by Gasteiger charge is 2.25. The molecule has 0 aliphatic carbocycles. The van der Waals surface area contributed by atoms with Crippen LogP contribution in [-0.2, 0) is 16.6 Å². The molecule has 1 amide bonds. The predicted molar refractivity (Wildman–Crippen MR) is 124 cm³/mol. The first-order valence-corrected chi connectivity index (χ1v) is 11.1. The lowest BCUT2D eigenvalue weighted by molar-refractivity contribution is -0.387. The van der Waals surface area contributed by atoms with Gasteiger partial charge in [-0.3, -0.25) is 24.4 Å². The third-order valence-electron chi connectivity index (χ3n) is 5.07. The molecular weight excluding hydrogens is 448 g/mol. The van der Waals surface area contributed by atoms with Gasteiger partial charge in [-0.15, -0.1) is 11.8 Å². The monoisotopic (exact) mass is 470 g/mol. The van der Waals surface area contributed by atoms with Crippen molar-refractivity contribution in [3.8, 4) is 5.69 Å². The number of carbonyl (C=O) groups excluding carboxylic acids is 2. The van der Waals surface area contributed by atoms with E-state index in [9.17, 15) is 24.5 Å². The molecular formula is C22H22N4O6S. The number of ether oxygens (including phenoxy) is 1. The van der Waals surface area contributed by atoms with Crippen LogP contribution in [0.1, 0.15) is 23.0 Å². The van der Waals surface area contributed by atoms with E-state index in [1.54, 1.807) is 49.2 Å². The summed E-state index contributed by atoms with van der Waals surface area (Å²) in [7, 11) is 1.69. The molecule has 0 bridgehead atoms. The zero-order valence-electron chi connectivity index (χ0n) is 18.4. The molecule has 11 heteroatoms. The first-order valence-electron chi connectivity index (χ1n) is 9.84. The molecule has 3 rings (SSSR count). The van der Waals surface area contributed by atoms with Gasteiger partial charge in [0.1, 0.15) is 5.69 Å². The van der Waals surface area contributed by atoms with Crippen molar-refractivity contribution in [2.75, 3.05) is 11.6 Å². The van der Waals surface area contributed by atoms with Crippen molar-refractivity contribution in [3.63, 3.8) is 0 Å². The Hall–Kier alpha value is -3.86. The number of rotatable bonds is 7. The molecule has 2 aromatic carbocycles. The van der Waals surface area contributed by atoms with Crippen LogP contribution < -0.4 is 10.9 Å². The molecule has 172 valence electrons. The van der Waals surface area contributed by atoms with E-state index >= 15 is 0 Å². The van der Waals surface area contributed by atoms with Gasteiger partial charge >= 0.3 is 5.97 Å². The molecule has 0 fully saturated rings. The Morgan fingerprint density at radius 1 is 1.18 bits per heavy atom. The van der Waals surface area contributed by atoms with E-state index in [1.807, 2.05) is 6.07 Å². The van der Waals surface area contributed by atoms with Gasteiger partial charge < -0.3 is 10.1 Å². The van der Waals surface area contributed by atoms with Gasteiger partial charge in [-0.05, 0) is 44.4 Å². The second-order valence-electron chi connectivity index (χ2n) is 7.12. The van der Waals surface area contributed by atoms with Crippen LogP contribution in [0.4, 0.5) is 11.4 Å². The zero-order chi connectivity index (χ0) is 24.3. The maximum atomic E-state index is 12.9. The quantitative estimate of drug-likeness (QED) is 0.243. The fourth-order valence-corrected chi connectivity index (χ4v) is 3.73. The summed E-state index contributed by atoms with van der Waals surface area (Å²) in [6, 6.07) is 12.9. The number of nitro benzene ring substituents is 1. The summed E-state index contributed by atoms with van der Waals surface area (Å²) in [5.74, 6) is -1.59. The highest BCUT2D eigenvalue weighted by Crippen LogP contribution is 2.28.